The lowest BCUT2D eigenvalue weighted by Gasteiger charge is -2.15. The summed E-state index contributed by atoms with van der Waals surface area (Å²) in [6, 6.07) is 6.35. The lowest BCUT2D eigenvalue weighted by Crippen LogP contribution is -2.14. The van der Waals surface area contributed by atoms with Crippen LogP contribution in [0.3, 0.4) is 0 Å². The first-order valence-electron chi connectivity index (χ1n) is 5.69. The normalized spacial score (nSPS) is 17.9. The van der Waals surface area contributed by atoms with E-state index in [0.29, 0.717) is 5.88 Å². The number of aryl methyl sites for hydroxylation is 1. The minimum atomic E-state index is 0.257. The van der Waals surface area contributed by atoms with Crippen molar-refractivity contribution in [2.24, 2.45) is 0 Å². The minimum Gasteiger partial charge on any atom is -0.321 e. The average molecular weight is 235 g/mol. The van der Waals surface area contributed by atoms with Gasteiger partial charge in [0.05, 0.1) is 16.9 Å². The molecule has 1 heterocycles. The molecule has 0 N–H and O–H groups in total. The van der Waals surface area contributed by atoms with Gasteiger partial charge in [0.25, 0.3) is 0 Å². The summed E-state index contributed by atoms with van der Waals surface area (Å²) >= 11 is 6.01. The lowest BCUT2D eigenvalue weighted by atomic mass is 10.2. The molecule has 1 aliphatic rings. The summed E-state index contributed by atoms with van der Waals surface area (Å²) in [4.78, 5) is 4.67. The van der Waals surface area contributed by atoms with Gasteiger partial charge in [-0.2, -0.15) is 0 Å². The number of imidazole rings is 1. The molecule has 3 rings (SSSR count). The molecule has 0 aliphatic heterocycles. The molecule has 0 radical (unpaired) electrons. The lowest BCUT2D eigenvalue weighted by molar-refractivity contribution is 0.531. The molecule has 3 heteroatoms. The number of aromatic nitrogens is 2. The van der Waals surface area contributed by atoms with Gasteiger partial charge in [0, 0.05) is 5.54 Å². The first kappa shape index (κ1) is 10.2. The molecule has 1 aromatic carbocycles. The van der Waals surface area contributed by atoms with E-state index in [0.717, 1.165) is 11.3 Å². The van der Waals surface area contributed by atoms with Crippen molar-refractivity contribution in [3.63, 3.8) is 0 Å². The molecule has 1 saturated carbocycles. The maximum absolute atomic E-state index is 6.01. The highest BCUT2D eigenvalue weighted by Crippen LogP contribution is 2.45. The van der Waals surface area contributed by atoms with Gasteiger partial charge in [-0.3, -0.25) is 0 Å². The molecule has 0 spiro atoms. The molecule has 1 aliphatic carbocycles. The quantitative estimate of drug-likeness (QED) is 0.727. The second-order valence-corrected chi connectivity index (χ2v) is 5.20. The van der Waals surface area contributed by atoms with Gasteiger partial charge in [-0.15, -0.1) is 11.6 Å². The molecule has 2 aromatic rings. The third kappa shape index (κ3) is 1.29. The summed E-state index contributed by atoms with van der Waals surface area (Å²) in [5.41, 5.74) is 3.82. The zero-order chi connectivity index (χ0) is 11.3. The summed E-state index contributed by atoms with van der Waals surface area (Å²) in [6.45, 7) is 4.39. The fourth-order valence-electron chi connectivity index (χ4n) is 2.38. The smallest absolute Gasteiger partial charge is 0.125 e. The van der Waals surface area contributed by atoms with Crippen molar-refractivity contribution < 1.29 is 0 Å². The van der Waals surface area contributed by atoms with Gasteiger partial charge in [0.2, 0.25) is 0 Å². The Balaban J connectivity index is 2.36. The third-order valence-electron chi connectivity index (χ3n) is 3.59. The van der Waals surface area contributed by atoms with Crippen molar-refractivity contribution in [2.45, 2.75) is 38.1 Å². The number of nitrogens with zero attached hydrogens (tertiary/aromatic N) is 2. The Hall–Kier alpha value is -1.02. The van der Waals surface area contributed by atoms with Crippen LogP contribution in [0.4, 0.5) is 0 Å². The van der Waals surface area contributed by atoms with Crippen molar-refractivity contribution in [3.8, 4) is 0 Å². The minimum absolute atomic E-state index is 0.257. The maximum Gasteiger partial charge on any atom is 0.125 e. The number of fused-ring (bicyclic) bond motifs is 1. The Kier molecular flexibility index (Phi) is 2.05. The van der Waals surface area contributed by atoms with Crippen molar-refractivity contribution in [1.82, 2.24) is 9.55 Å². The maximum atomic E-state index is 6.01. The Morgan fingerprint density at radius 2 is 2.19 bits per heavy atom. The van der Waals surface area contributed by atoms with Crippen LogP contribution < -0.4 is 0 Å². The van der Waals surface area contributed by atoms with Crippen LogP contribution in [0.2, 0.25) is 0 Å². The van der Waals surface area contributed by atoms with Crippen molar-refractivity contribution in [3.05, 3.63) is 29.6 Å². The van der Waals surface area contributed by atoms with Crippen molar-refractivity contribution >= 4 is 22.6 Å². The molecule has 0 amide bonds. The highest BCUT2D eigenvalue weighted by atomic mass is 35.5. The number of benzene rings is 1. The summed E-state index contributed by atoms with van der Waals surface area (Å²) in [5.74, 6) is 1.50. The number of hydrogen-bond donors (Lipinski definition) is 0. The van der Waals surface area contributed by atoms with E-state index in [-0.39, 0.29) is 5.54 Å². The monoisotopic (exact) mass is 234 g/mol. The van der Waals surface area contributed by atoms with Gasteiger partial charge >= 0.3 is 0 Å². The van der Waals surface area contributed by atoms with E-state index in [9.17, 15) is 0 Å². The molecule has 2 nitrogen and oxygen atoms in total. The molecule has 1 aromatic heterocycles. The third-order valence-corrected chi connectivity index (χ3v) is 3.83. The second-order valence-electron chi connectivity index (χ2n) is 4.94. The topological polar surface area (TPSA) is 17.8 Å². The van der Waals surface area contributed by atoms with Gasteiger partial charge in [-0.25, -0.2) is 4.98 Å². The van der Waals surface area contributed by atoms with Gasteiger partial charge < -0.3 is 4.57 Å². The molecule has 1 fully saturated rings. The van der Waals surface area contributed by atoms with Crippen LogP contribution in [0.5, 0.6) is 0 Å². The zero-order valence-electron chi connectivity index (χ0n) is 9.63. The van der Waals surface area contributed by atoms with E-state index in [1.165, 1.54) is 23.9 Å². The Labute approximate surface area is 100 Å². The van der Waals surface area contributed by atoms with Crippen LogP contribution in [-0.2, 0) is 11.4 Å². The number of hydrogen-bond acceptors (Lipinski definition) is 1. The van der Waals surface area contributed by atoms with Crippen LogP contribution in [0.15, 0.2) is 18.2 Å². The van der Waals surface area contributed by atoms with Crippen LogP contribution in [0.1, 0.15) is 31.2 Å². The van der Waals surface area contributed by atoms with Gasteiger partial charge in [-0.05, 0) is 38.3 Å². The zero-order valence-corrected chi connectivity index (χ0v) is 10.4. The Bertz CT molecular complexity index is 552. The van der Waals surface area contributed by atoms with Gasteiger partial charge in [-0.1, -0.05) is 12.1 Å². The molecule has 84 valence electrons. The number of para-hydroxylation sites is 1. The summed E-state index contributed by atoms with van der Waals surface area (Å²) in [6.07, 6.45) is 2.46. The molecule has 0 unspecified atom stereocenters. The standard InChI is InChI=1S/C13H15ClN2/c1-9-4-3-5-10-12(9)15-11(8-14)16(10)13(2)6-7-13/h3-5H,6-8H2,1-2H3. The van der Waals surface area contributed by atoms with E-state index in [1.807, 2.05) is 0 Å². The Morgan fingerprint density at radius 1 is 1.44 bits per heavy atom. The van der Waals surface area contributed by atoms with Crippen LogP contribution in [0, 0.1) is 6.92 Å². The highest BCUT2D eigenvalue weighted by molar-refractivity contribution is 6.16. The first-order chi connectivity index (χ1) is 7.65. The molecule has 0 saturated heterocycles. The average Bonchev–Trinajstić information content (AvgIpc) is 2.89. The molecular weight excluding hydrogens is 220 g/mol. The van der Waals surface area contributed by atoms with E-state index in [2.05, 4.69) is 41.6 Å². The number of rotatable bonds is 2. The molecule has 0 bridgehead atoms. The van der Waals surface area contributed by atoms with Gasteiger partial charge in [0.1, 0.15) is 5.82 Å². The van der Waals surface area contributed by atoms with Crippen molar-refractivity contribution in [1.29, 1.82) is 0 Å². The van der Waals surface area contributed by atoms with Crippen LogP contribution in [0.25, 0.3) is 11.0 Å². The highest BCUT2D eigenvalue weighted by Gasteiger charge is 2.41. The van der Waals surface area contributed by atoms with Crippen LogP contribution >= 0.6 is 11.6 Å². The predicted octanol–water partition coefficient (Wildman–Crippen LogP) is 3.59. The Morgan fingerprint density at radius 3 is 2.81 bits per heavy atom. The fraction of sp³-hybridized carbons (Fsp3) is 0.462. The van der Waals surface area contributed by atoms with Crippen LogP contribution in [-0.4, -0.2) is 9.55 Å². The summed E-state index contributed by atoms with van der Waals surface area (Å²) < 4.78 is 2.34. The predicted molar refractivity (Wildman–Crippen MR) is 66.9 cm³/mol. The van der Waals surface area contributed by atoms with E-state index in [4.69, 9.17) is 11.6 Å². The number of halogens is 1. The number of alkyl halides is 1. The largest absolute Gasteiger partial charge is 0.321 e. The molecule has 16 heavy (non-hydrogen) atoms. The van der Waals surface area contributed by atoms with Crippen molar-refractivity contribution in [2.75, 3.05) is 0 Å². The second kappa shape index (κ2) is 3.24. The first-order valence-corrected chi connectivity index (χ1v) is 6.22. The van der Waals surface area contributed by atoms with E-state index >= 15 is 0 Å². The molecular formula is C13H15ClN2. The van der Waals surface area contributed by atoms with E-state index < -0.39 is 0 Å². The molecule has 0 atom stereocenters. The van der Waals surface area contributed by atoms with Gasteiger partial charge in [0.15, 0.2) is 0 Å². The summed E-state index contributed by atoms with van der Waals surface area (Å²) in [5, 5.41) is 0. The fourth-order valence-corrected chi connectivity index (χ4v) is 2.56. The summed E-state index contributed by atoms with van der Waals surface area (Å²) in [7, 11) is 0. The SMILES string of the molecule is Cc1cccc2c1nc(CCl)n2C1(C)CC1. The van der Waals surface area contributed by atoms with E-state index in [1.54, 1.807) is 0 Å².